The van der Waals surface area contributed by atoms with Gasteiger partial charge in [-0.2, -0.15) is 4.31 Å². The highest BCUT2D eigenvalue weighted by atomic mass is 32.2. The van der Waals surface area contributed by atoms with Crippen molar-refractivity contribution in [2.24, 2.45) is 0 Å². The van der Waals surface area contributed by atoms with E-state index in [-0.39, 0.29) is 16.8 Å². The third-order valence-electron chi connectivity index (χ3n) is 5.34. The first-order valence-electron chi connectivity index (χ1n) is 9.37. The number of sulfonamides is 1. The van der Waals surface area contributed by atoms with E-state index in [1.165, 1.54) is 17.1 Å². The fourth-order valence-electron chi connectivity index (χ4n) is 3.86. The minimum atomic E-state index is -3.63. The maximum atomic E-state index is 13.0. The molecule has 1 amide bonds. The minimum absolute atomic E-state index is 0.125. The number of hydrogen-bond donors (Lipinski definition) is 1. The Hall–Kier alpha value is -1.40. The topological polar surface area (TPSA) is 66.5 Å². The van der Waals surface area contributed by atoms with Crippen molar-refractivity contribution < 1.29 is 13.2 Å². The Kier molecular flexibility index (Phi) is 5.79. The van der Waals surface area contributed by atoms with Crippen molar-refractivity contribution in [1.29, 1.82) is 0 Å². The summed E-state index contributed by atoms with van der Waals surface area (Å²) in [7, 11) is -3.63. The molecule has 1 saturated carbocycles. The normalized spacial score (nSPS) is 23.3. The molecule has 1 aromatic rings. The summed E-state index contributed by atoms with van der Waals surface area (Å²) < 4.78 is 27.3. The summed E-state index contributed by atoms with van der Waals surface area (Å²) in [6, 6.07) is 6.47. The molecule has 3 rings (SSSR count). The monoisotopic (exact) mass is 364 g/mol. The molecule has 1 aliphatic carbocycles. The fraction of sp³-hybridized carbons (Fsp3) is 0.632. The number of rotatable bonds is 4. The molecule has 1 aliphatic heterocycles. The van der Waals surface area contributed by atoms with Crippen molar-refractivity contribution in [2.45, 2.75) is 75.3 Å². The first-order valence-corrected chi connectivity index (χ1v) is 10.8. The van der Waals surface area contributed by atoms with Gasteiger partial charge in [-0.25, -0.2) is 8.42 Å². The Bertz CT molecular complexity index is 692. The summed E-state index contributed by atoms with van der Waals surface area (Å²) in [5.41, 5.74) is 1.02. The van der Waals surface area contributed by atoms with Gasteiger partial charge >= 0.3 is 0 Å². The van der Waals surface area contributed by atoms with E-state index in [2.05, 4.69) is 5.32 Å². The van der Waals surface area contributed by atoms with Crippen LogP contribution in [0.5, 0.6) is 0 Å². The number of nitrogens with zero attached hydrogens (tertiary/aromatic N) is 1. The van der Waals surface area contributed by atoms with Crippen molar-refractivity contribution in [3.63, 3.8) is 0 Å². The lowest BCUT2D eigenvalue weighted by molar-refractivity contribution is -0.125. The summed E-state index contributed by atoms with van der Waals surface area (Å²) in [6.45, 7) is 2.34. The zero-order valence-electron chi connectivity index (χ0n) is 14.9. The quantitative estimate of drug-likeness (QED) is 0.835. The second kappa shape index (κ2) is 7.87. The first-order chi connectivity index (χ1) is 12.0. The Morgan fingerprint density at radius 1 is 1.00 bits per heavy atom. The minimum Gasteiger partial charge on any atom is -0.352 e. The van der Waals surface area contributed by atoms with Crippen LogP contribution in [0.3, 0.4) is 0 Å². The van der Waals surface area contributed by atoms with E-state index < -0.39 is 16.1 Å². The van der Waals surface area contributed by atoms with Gasteiger partial charge in [0, 0.05) is 12.6 Å². The van der Waals surface area contributed by atoms with E-state index in [1.807, 2.05) is 6.92 Å². The highest BCUT2D eigenvalue weighted by molar-refractivity contribution is 7.89. The number of benzene rings is 1. The molecule has 1 N–H and O–H groups in total. The second-order valence-corrected chi connectivity index (χ2v) is 9.17. The van der Waals surface area contributed by atoms with Gasteiger partial charge in [0.05, 0.1) is 4.90 Å². The van der Waals surface area contributed by atoms with E-state index in [4.69, 9.17) is 0 Å². The van der Waals surface area contributed by atoms with Gasteiger partial charge in [0.25, 0.3) is 0 Å². The Labute approximate surface area is 150 Å². The van der Waals surface area contributed by atoms with Gasteiger partial charge in [-0.3, -0.25) is 4.79 Å². The molecule has 2 fully saturated rings. The Morgan fingerprint density at radius 3 is 2.28 bits per heavy atom. The van der Waals surface area contributed by atoms with Crippen LogP contribution in [0.4, 0.5) is 0 Å². The molecule has 1 heterocycles. The highest BCUT2D eigenvalue weighted by Crippen LogP contribution is 2.27. The highest BCUT2D eigenvalue weighted by Gasteiger charge is 2.39. The van der Waals surface area contributed by atoms with Crippen LogP contribution in [0.25, 0.3) is 0 Å². The summed E-state index contributed by atoms with van der Waals surface area (Å²) in [5, 5.41) is 3.12. The first kappa shape index (κ1) is 18.4. The lowest BCUT2D eigenvalue weighted by Crippen LogP contribution is -2.48. The SMILES string of the molecule is Cc1ccc(S(=O)(=O)N2CCC[C@H]2C(=O)NC2CCCCCC2)cc1. The molecule has 25 heavy (non-hydrogen) atoms. The van der Waals surface area contributed by atoms with E-state index in [0.717, 1.165) is 37.7 Å². The molecule has 0 aromatic heterocycles. The van der Waals surface area contributed by atoms with Crippen LogP contribution in [0.15, 0.2) is 29.2 Å². The van der Waals surface area contributed by atoms with E-state index in [9.17, 15) is 13.2 Å². The third-order valence-corrected chi connectivity index (χ3v) is 7.26. The predicted molar refractivity (Wildman–Crippen MR) is 97.7 cm³/mol. The summed E-state index contributed by atoms with van der Waals surface area (Å²) in [6.07, 6.45) is 8.07. The van der Waals surface area contributed by atoms with Crippen LogP contribution in [-0.4, -0.2) is 37.3 Å². The van der Waals surface area contributed by atoms with Gasteiger partial charge in [0.1, 0.15) is 6.04 Å². The molecule has 1 saturated heterocycles. The van der Waals surface area contributed by atoms with E-state index in [0.29, 0.717) is 13.0 Å². The molecule has 2 aliphatic rings. The number of carbonyl (C=O) groups excluding carboxylic acids is 1. The van der Waals surface area contributed by atoms with Crippen molar-refractivity contribution in [1.82, 2.24) is 9.62 Å². The standard InChI is InChI=1S/C19H28N2O3S/c1-15-10-12-17(13-11-15)25(23,24)21-14-6-9-18(21)19(22)20-16-7-4-2-3-5-8-16/h10-13,16,18H,2-9,14H2,1H3,(H,20,22)/t18-/m0/s1. The second-order valence-electron chi connectivity index (χ2n) is 7.28. The van der Waals surface area contributed by atoms with Crippen LogP contribution in [0.2, 0.25) is 0 Å². The number of aryl methyl sites for hydroxylation is 1. The van der Waals surface area contributed by atoms with Crippen molar-refractivity contribution in [3.8, 4) is 0 Å². The van der Waals surface area contributed by atoms with E-state index in [1.54, 1.807) is 24.3 Å². The lowest BCUT2D eigenvalue weighted by atomic mass is 10.1. The average Bonchev–Trinajstić information content (AvgIpc) is 2.96. The van der Waals surface area contributed by atoms with Gasteiger partial charge in [-0.1, -0.05) is 43.4 Å². The van der Waals surface area contributed by atoms with Gasteiger partial charge in [0.2, 0.25) is 15.9 Å². The smallest absolute Gasteiger partial charge is 0.243 e. The van der Waals surface area contributed by atoms with Crippen molar-refractivity contribution >= 4 is 15.9 Å². The average molecular weight is 365 g/mol. The predicted octanol–water partition coefficient (Wildman–Crippen LogP) is 2.99. The number of nitrogens with one attached hydrogen (secondary N) is 1. The summed E-state index contributed by atoms with van der Waals surface area (Å²) in [4.78, 5) is 13.0. The largest absolute Gasteiger partial charge is 0.352 e. The van der Waals surface area contributed by atoms with Crippen LogP contribution in [-0.2, 0) is 14.8 Å². The lowest BCUT2D eigenvalue weighted by Gasteiger charge is -2.26. The van der Waals surface area contributed by atoms with Crippen molar-refractivity contribution in [2.75, 3.05) is 6.54 Å². The fourth-order valence-corrected chi connectivity index (χ4v) is 5.51. The van der Waals surface area contributed by atoms with Crippen LogP contribution in [0.1, 0.15) is 56.9 Å². The molecule has 1 aromatic carbocycles. The number of hydrogen-bond acceptors (Lipinski definition) is 3. The molecule has 138 valence electrons. The van der Waals surface area contributed by atoms with Gasteiger partial charge in [0.15, 0.2) is 0 Å². The molecule has 5 nitrogen and oxygen atoms in total. The van der Waals surface area contributed by atoms with Gasteiger partial charge in [-0.05, 0) is 44.7 Å². The van der Waals surface area contributed by atoms with Gasteiger partial charge < -0.3 is 5.32 Å². The van der Waals surface area contributed by atoms with Crippen LogP contribution >= 0.6 is 0 Å². The summed E-state index contributed by atoms with van der Waals surface area (Å²) >= 11 is 0. The van der Waals surface area contributed by atoms with Gasteiger partial charge in [-0.15, -0.1) is 0 Å². The molecular weight excluding hydrogens is 336 g/mol. The van der Waals surface area contributed by atoms with Crippen LogP contribution < -0.4 is 5.32 Å². The van der Waals surface area contributed by atoms with Crippen LogP contribution in [0, 0.1) is 6.92 Å². The van der Waals surface area contributed by atoms with E-state index >= 15 is 0 Å². The molecule has 0 unspecified atom stereocenters. The zero-order valence-corrected chi connectivity index (χ0v) is 15.7. The Balaban J connectivity index is 1.72. The third kappa shape index (κ3) is 4.23. The maximum Gasteiger partial charge on any atom is 0.243 e. The molecule has 0 bridgehead atoms. The molecule has 1 atom stereocenters. The molecule has 0 spiro atoms. The maximum absolute atomic E-state index is 13.0. The van der Waals surface area contributed by atoms with Crippen molar-refractivity contribution in [3.05, 3.63) is 29.8 Å². The molecular formula is C19H28N2O3S. The summed E-state index contributed by atoms with van der Waals surface area (Å²) in [5.74, 6) is -0.125. The zero-order chi connectivity index (χ0) is 17.9. The Morgan fingerprint density at radius 2 is 1.64 bits per heavy atom. The molecule has 0 radical (unpaired) electrons. The number of amides is 1. The number of carbonyl (C=O) groups is 1. The molecule has 6 heteroatoms.